The highest BCUT2D eigenvalue weighted by molar-refractivity contribution is 7.08. The molecule has 0 saturated carbocycles. The van der Waals surface area contributed by atoms with Gasteiger partial charge in [0.2, 0.25) is 0 Å². The number of rotatable bonds is 5. The molecule has 0 spiro atoms. The van der Waals surface area contributed by atoms with E-state index in [1.54, 1.807) is 18.6 Å². The zero-order valence-electron chi connectivity index (χ0n) is 13.1. The van der Waals surface area contributed by atoms with E-state index in [2.05, 4.69) is 36.7 Å². The van der Waals surface area contributed by atoms with E-state index in [1.807, 2.05) is 0 Å². The van der Waals surface area contributed by atoms with Gasteiger partial charge >= 0.3 is 0 Å². The van der Waals surface area contributed by atoms with E-state index in [1.165, 1.54) is 11.5 Å². The average molecular weight is 332 g/mol. The van der Waals surface area contributed by atoms with E-state index in [9.17, 15) is 4.79 Å². The Bertz CT molecular complexity index is 646. The molecule has 23 heavy (non-hydrogen) atoms. The third-order valence-electron chi connectivity index (χ3n) is 3.88. The summed E-state index contributed by atoms with van der Waals surface area (Å²) in [6.07, 6.45) is 8.85. The number of hydrogen-bond donors (Lipinski definition) is 1. The second kappa shape index (κ2) is 7.45. The summed E-state index contributed by atoms with van der Waals surface area (Å²) < 4.78 is 3.92. The maximum atomic E-state index is 12.5. The van der Waals surface area contributed by atoms with Crippen molar-refractivity contribution in [2.75, 3.05) is 18.0 Å². The maximum Gasteiger partial charge on any atom is 0.265 e. The van der Waals surface area contributed by atoms with Crippen LogP contribution in [0.3, 0.4) is 0 Å². The highest BCUT2D eigenvalue weighted by Gasteiger charge is 2.24. The molecule has 3 rings (SSSR count). The van der Waals surface area contributed by atoms with Crippen LogP contribution in [0.2, 0.25) is 0 Å². The summed E-state index contributed by atoms with van der Waals surface area (Å²) in [4.78, 5) is 23.7. The first-order valence-corrected chi connectivity index (χ1v) is 8.68. The minimum atomic E-state index is -0.0607. The Morgan fingerprint density at radius 2 is 2.39 bits per heavy atom. The molecule has 1 saturated heterocycles. The van der Waals surface area contributed by atoms with Gasteiger partial charge in [-0.3, -0.25) is 9.78 Å². The topological polar surface area (TPSA) is 83.9 Å². The molecule has 1 fully saturated rings. The Labute approximate surface area is 139 Å². The van der Waals surface area contributed by atoms with Crippen LogP contribution in [-0.4, -0.2) is 44.6 Å². The van der Waals surface area contributed by atoms with Gasteiger partial charge in [-0.1, -0.05) is 17.8 Å². The fourth-order valence-corrected chi connectivity index (χ4v) is 3.40. The molecule has 1 amide bonds. The van der Waals surface area contributed by atoms with E-state index in [0.29, 0.717) is 4.88 Å². The van der Waals surface area contributed by atoms with Gasteiger partial charge in [0.05, 0.1) is 11.9 Å². The van der Waals surface area contributed by atoms with Crippen molar-refractivity contribution in [2.24, 2.45) is 0 Å². The summed E-state index contributed by atoms with van der Waals surface area (Å²) in [5, 5.41) is 7.18. The number of amides is 1. The van der Waals surface area contributed by atoms with Gasteiger partial charge in [-0.05, 0) is 30.8 Å². The number of carbonyl (C=O) groups excluding carboxylic acids is 1. The average Bonchev–Trinajstić information content (AvgIpc) is 3.05. The minimum Gasteiger partial charge on any atom is -0.353 e. The fourth-order valence-electron chi connectivity index (χ4n) is 2.79. The van der Waals surface area contributed by atoms with Crippen LogP contribution >= 0.6 is 11.5 Å². The number of piperidine rings is 1. The number of carbonyl (C=O) groups is 1. The van der Waals surface area contributed by atoms with Gasteiger partial charge in [-0.15, -0.1) is 5.10 Å². The molecule has 0 aliphatic carbocycles. The first-order chi connectivity index (χ1) is 11.3. The van der Waals surface area contributed by atoms with Crippen LogP contribution in [0.15, 0.2) is 18.6 Å². The van der Waals surface area contributed by atoms with Gasteiger partial charge in [-0.25, -0.2) is 4.98 Å². The van der Waals surface area contributed by atoms with Crippen molar-refractivity contribution in [1.82, 2.24) is 24.9 Å². The summed E-state index contributed by atoms with van der Waals surface area (Å²) in [5.41, 5.74) is 0.802. The molecule has 0 aromatic carbocycles. The standard InChI is InChI=1S/C15H20N6OS/c1-2-4-12-14(23-20-19-12)15(22)18-11-5-3-8-21(10-11)13-9-16-6-7-17-13/h6-7,9,11H,2-5,8,10H2,1H3,(H,18,22). The Hall–Kier alpha value is -2.09. The van der Waals surface area contributed by atoms with Gasteiger partial charge in [0.25, 0.3) is 5.91 Å². The van der Waals surface area contributed by atoms with Crippen molar-refractivity contribution in [3.05, 3.63) is 29.2 Å². The molecular weight excluding hydrogens is 312 g/mol. The summed E-state index contributed by atoms with van der Waals surface area (Å²) in [6, 6.07) is 0.106. The van der Waals surface area contributed by atoms with E-state index < -0.39 is 0 Å². The van der Waals surface area contributed by atoms with Crippen molar-refractivity contribution in [3.8, 4) is 0 Å². The Balaban J connectivity index is 1.63. The van der Waals surface area contributed by atoms with Crippen LogP contribution < -0.4 is 10.2 Å². The second-order valence-electron chi connectivity index (χ2n) is 5.62. The molecule has 0 radical (unpaired) electrons. The van der Waals surface area contributed by atoms with Crippen molar-refractivity contribution < 1.29 is 4.79 Å². The Morgan fingerprint density at radius 1 is 1.48 bits per heavy atom. The molecule has 1 aliphatic rings. The summed E-state index contributed by atoms with van der Waals surface area (Å²) >= 11 is 1.17. The number of anilines is 1. The van der Waals surface area contributed by atoms with Crippen molar-refractivity contribution in [3.63, 3.8) is 0 Å². The first-order valence-electron chi connectivity index (χ1n) is 7.91. The van der Waals surface area contributed by atoms with Gasteiger partial charge in [0, 0.05) is 31.5 Å². The Morgan fingerprint density at radius 3 is 3.17 bits per heavy atom. The van der Waals surface area contributed by atoms with Crippen molar-refractivity contribution in [2.45, 2.75) is 38.6 Å². The molecule has 2 aromatic rings. The SMILES string of the molecule is CCCc1nnsc1C(=O)NC1CCCN(c2cnccn2)C1. The lowest BCUT2D eigenvalue weighted by Gasteiger charge is -2.33. The van der Waals surface area contributed by atoms with E-state index >= 15 is 0 Å². The van der Waals surface area contributed by atoms with E-state index in [4.69, 9.17) is 0 Å². The molecule has 122 valence electrons. The van der Waals surface area contributed by atoms with E-state index in [0.717, 1.165) is 50.3 Å². The predicted octanol–water partition coefficient (Wildman–Crippen LogP) is 1.68. The molecule has 2 aromatic heterocycles. The molecule has 1 N–H and O–H groups in total. The number of hydrogen-bond acceptors (Lipinski definition) is 7. The minimum absolute atomic E-state index is 0.0607. The molecule has 1 unspecified atom stereocenters. The zero-order chi connectivity index (χ0) is 16.1. The highest BCUT2D eigenvalue weighted by atomic mass is 32.1. The van der Waals surface area contributed by atoms with Crippen LogP contribution in [0.4, 0.5) is 5.82 Å². The summed E-state index contributed by atoms with van der Waals surface area (Å²) in [7, 11) is 0. The maximum absolute atomic E-state index is 12.5. The van der Waals surface area contributed by atoms with Gasteiger partial charge in [-0.2, -0.15) is 0 Å². The normalized spacial score (nSPS) is 18.0. The smallest absolute Gasteiger partial charge is 0.265 e. The molecule has 3 heterocycles. The van der Waals surface area contributed by atoms with Crippen LogP contribution in [0.25, 0.3) is 0 Å². The monoisotopic (exact) mass is 332 g/mol. The first kappa shape index (κ1) is 15.8. The lowest BCUT2D eigenvalue weighted by atomic mass is 10.1. The van der Waals surface area contributed by atoms with Gasteiger partial charge in [0.1, 0.15) is 10.7 Å². The van der Waals surface area contributed by atoms with Crippen molar-refractivity contribution >= 4 is 23.3 Å². The quantitative estimate of drug-likeness (QED) is 0.897. The van der Waals surface area contributed by atoms with Gasteiger partial charge in [0.15, 0.2) is 0 Å². The third kappa shape index (κ3) is 3.82. The molecule has 8 heteroatoms. The second-order valence-corrected chi connectivity index (χ2v) is 6.38. The third-order valence-corrected chi connectivity index (χ3v) is 4.65. The van der Waals surface area contributed by atoms with E-state index in [-0.39, 0.29) is 11.9 Å². The molecular formula is C15H20N6OS. The molecule has 1 atom stereocenters. The fraction of sp³-hybridized carbons (Fsp3) is 0.533. The molecule has 1 aliphatic heterocycles. The van der Waals surface area contributed by atoms with Crippen LogP contribution in [-0.2, 0) is 6.42 Å². The van der Waals surface area contributed by atoms with Gasteiger partial charge < -0.3 is 10.2 Å². The summed E-state index contributed by atoms with van der Waals surface area (Å²) in [5.74, 6) is 0.798. The number of aromatic nitrogens is 4. The number of nitrogens with one attached hydrogen (secondary N) is 1. The summed E-state index contributed by atoms with van der Waals surface area (Å²) in [6.45, 7) is 3.76. The Kier molecular flexibility index (Phi) is 5.12. The lowest BCUT2D eigenvalue weighted by Crippen LogP contribution is -2.48. The predicted molar refractivity (Wildman–Crippen MR) is 88.6 cm³/mol. The van der Waals surface area contributed by atoms with Crippen LogP contribution in [0.5, 0.6) is 0 Å². The van der Waals surface area contributed by atoms with Crippen LogP contribution in [0, 0.1) is 0 Å². The zero-order valence-corrected chi connectivity index (χ0v) is 13.9. The largest absolute Gasteiger partial charge is 0.353 e. The van der Waals surface area contributed by atoms with Crippen molar-refractivity contribution in [1.29, 1.82) is 0 Å². The lowest BCUT2D eigenvalue weighted by molar-refractivity contribution is 0.0936. The number of aryl methyl sites for hydroxylation is 1. The highest BCUT2D eigenvalue weighted by Crippen LogP contribution is 2.18. The molecule has 7 nitrogen and oxygen atoms in total. The molecule has 0 bridgehead atoms. The number of nitrogens with zero attached hydrogens (tertiary/aromatic N) is 5. The van der Waals surface area contributed by atoms with Crippen LogP contribution in [0.1, 0.15) is 41.6 Å².